The van der Waals surface area contributed by atoms with Crippen molar-refractivity contribution in [2.45, 2.75) is 19.8 Å². The van der Waals surface area contributed by atoms with Gasteiger partial charge in [0.15, 0.2) is 0 Å². The van der Waals surface area contributed by atoms with Crippen LogP contribution in [0.1, 0.15) is 30.9 Å². The molecule has 3 rings (SSSR count). The van der Waals surface area contributed by atoms with Crippen LogP contribution in [0.25, 0.3) is 5.57 Å². The van der Waals surface area contributed by atoms with Crippen LogP contribution >= 0.6 is 7.60 Å². The summed E-state index contributed by atoms with van der Waals surface area (Å²) in [5.74, 6) is -0.170. The molecule has 2 aromatic rings. The highest BCUT2D eigenvalue weighted by Gasteiger charge is 2.43. The Morgan fingerprint density at radius 1 is 1.10 bits per heavy atom. The van der Waals surface area contributed by atoms with Gasteiger partial charge >= 0.3 is 7.60 Å². The summed E-state index contributed by atoms with van der Waals surface area (Å²) in [5, 5.41) is 9.93. The third-order valence-corrected chi connectivity index (χ3v) is 6.78. The maximum absolute atomic E-state index is 13.8. The van der Waals surface area contributed by atoms with Gasteiger partial charge in [-0.2, -0.15) is 5.26 Å². The summed E-state index contributed by atoms with van der Waals surface area (Å²) >= 11 is 0. The maximum Gasteiger partial charge on any atom is 0.396 e. The molecule has 1 heterocycles. The molecule has 0 aromatic heterocycles. The lowest BCUT2D eigenvalue weighted by Gasteiger charge is -2.32. The maximum atomic E-state index is 13.8. The molecule has 2 aromatic carbocycles. The van der Waals surface area contributed by atoms with Crippen LogP contribution in [0, 0.1) is 11.3 Å². The molecule has 7 nitrogen and oxygen atoms in total. The molecule has 0 radical (unpaired) electrons. The molecule has 1 atom stereocenters. The summed E-state index contributed by atoms with van der Waals surface area (Å²) in [6.45, 7) is 3.73. The number of rotatable bonds is 8. The highest BCUT2D eigenvalue weighted by atomic mass is 31.2. The number of methoxy groups -OCH3 is 1. The van der Waals surface area contributed by atoms with E-state index in [0.29, 0.717) is 16.9 Å². The van der Waals surface area contributed by atoms with Crippen LogP contribution in [0.2, 0.25) is 0 Å². The third-order valence-electron chi connectivity index (χ3n) is 4.76. The van der Waals surface area contributed by atoms with Gasteiger partial charge in [0.1, 0.15) is 17.4 Å². The smallest absolute Gasteiger partial charge is 0.396 e. The van der Waals surface area contributed by atoms with Crippen molar-refractivity contribution in [2.75, 3.05) is 20.3 Å². The fourth-order valence-corrected chi connectivity index (χ4v) is 5.26. The van der Waals surface area contributed by atoms with Crippen molar-refractivity contribution >= 4 is 13.2 Å². The molecule has 2 N–H and O–H groups in total. The van der Waals surface area contributed by atoms with E-state index in [1.165, 1.54) is 0 Å². The fraction of sp³-hybridized carbons (Fsp3) is 0.261. The molecule has 1 unspecified atom stereocenters. The molecule has 31 heavy (non-hydrogen) atoms. The van der Waals surface area contributed by atoms with Gasteiger partial charge in [0.05, 0.1) is 26.2 Å². The van der Waals surface area contributed by atoms with Crippen molar-refractivity contribution in [3.8, 4) is 11.8 Å². The molecule has 0 spiro atoms. The summed E-state index contributed by atoms with van der Waals surface area (Å²) in [6.07, 6.45) is 0. The molecule has 0 saturated carbocycles. The van der Waals surface area contributed by atoms with E-state index >= 15 is 0 Å². The van der Waals surface area contributed by atoms with E-state index < -0.39 is 13.5 Å². The Morgan fingerprint density at radius 2 is 1.77 bits per heavy atom. The van der Waals surface area contributed by atoms with Crippen LogP contribution in [0.4, 0.5) is 0 Å². The number of ether oxygens (including phenoxy) is 2. The first-order valence-corrected chi connectivity index (χ1v) is 11.4. The van der Waals surface area contributed by atoms with Gasteiger partial charge in [0, 0.05) is 5.57 Å². The van der Waals surface area contributed by atoms with Crippen molar-refractivity contribution in [3.63, 3.8) is 0 Å². The Morgan fingerprint density at radius 3 is 2.35 bits per heavy atom. The first kappa shape index (κ1) is 22.6. The van der Waals surface area contributed by atoms with Crippen molar-refractivity contribution in [2.24, 2.45) is 5.73 Å². The minimum Gasteiger partial charge on any atom is -0.497 e. The Labute approximate surface area is 182 Å². The topological polar surface area (TPSA) is 104 Å². The molecule has 8 heteroatoms. The van der Waals surface area contributed by atoms with E-state index in [1.807, 2.05) is 48.5 Å². The standard InChI is InChI=1S/C23H25N2O5P/c1-4-28-31(26,29-5-2)23-21(16-10-7-6-8-11-16)20(19(15-24)22(25)30-23)17-12-9-13-18(14-17)27-3/h6-14,20H,4-5,25H2,1-3H3. The number of hydrogen-bond acceptors (Lipinski definition) is 7. The SMILES string of the molecule is CCOP(=O)(OCC)C1=C(c2ccccc2)C(c2cccc(OC)c2)C(C#N)=C(N)O1. The average molecular weight is 440 g/mol. The lowest BCUT2D eigenvalue weighted by molar-refractivity contribution is 0.199. The van der Waals surface area contributed by atoms with Gasteiger partial charge in [-0.1, -0.05) is 42.5 Å². The lowest BCUT2D eigenvalue weighted by Crippen LogP contribution is -2.21. The number of allylic oxidation sites excluding steroid dienone is 2. The molecule has 0 amide bonds. The third kappa shape index (κ3) is 4.52. The number of nitrogens with zero attached hydrogens (tertiary/aromatic N) is 1. The Balaban J connectivity index is 2.36. The summed E-state index contributed by atoms with van der Waals surface area (Å²) in [6, 6.07) is 18.7. The highest BCUT2D eigenvalue weighted by molar-refractivity contribution is 7.58. The molecule has 0 bridgehead atoms. The number of nitriles is 1. The first-order valence-electron chi connectivity index (χ1n) is 9.89. The zero-order valence-corrected chi connectivity index (χ0v) is 18.6. The predicted molar refractivity (Wildman–Crippen MR) is 118 cm³/mol. The second kappa shape index (κ2) is 9.84. The second-order valence-corrected chi connectivity index (χ2v) is 8.54. The van der Waals surface area contributed by atoms with Crippen molar-refractivity contribution < 1.29 is 23.1 Å². The fourth-order valence-electron chi connectivity index (χ4n) is 3.50. The molecule has 162 valence electrons. The Hall–Kier alpha value is -3.04. The molecule has 1 aliphatic rings. The first-order chi connectivity index (χ1) is 15.0. The summed E-state index contributed by atoms with van der Waals surface area (Å²) in [5.41, 5.74) is 8.29. The van der Waals surface area contributed by atoms with Gasteiger partial charge in [0.2, 0.25) is 11.4 Å². The van der Waals surface area contributed by atoms with E-state index in [0.717, 1.165) is 5.56 Å². The van der Waals surface area contributed by atoms with E-state index in [1.54, 1.807) is 27.0 Å². The van der Waals surface area contributed by atoms with Crippen LogP contribution in [-0.4, -0.2) is 20.3 Å². The Kier molecular flexibility index (Phi) is 7.19. The normalized spacial score (nSPS) is 16.6. The van der Waals surface area contributed by atoms with Gasteiger partial charge in [-0.3, -0.25) is 4.57 Å². The largest absolute Gasteiger partial charge is 0.497 e. The predicted octanol–water partition coefficient (Wildman–Crippen LogP) is 5.14. The second-order valence-electron chi connectivity index (χ2n) is 6.62. The van der Waals surface area contributed by atoms with Crippen LogP contribution in [-0.2, 0) is 18.3 Å². The number of nitrogens with two attached hydrogens (primary N) is 1. The van der Waals surface area contributed by atoms with Gasteiger partial charge in [-0.05, 0) is 37.1 Å². The summed E-state index contributed by atoms with van der Waals surface area (Å²) < 4.78 is 36.1. The quantitative estimate of drug-likeness (QED) is 0.567. The van der Waals surface area contributed by atoms with Gasteiger partial charge in [-0.15, -0.1) is 0 Å². The van der Waals surface area contributed by atoms with Gasteiger partial charge < -0.3 is 24.3 Å². The van der Waals surface area contributed by atoms with Crippen molar-refractivity contribution in [1.29, 1.82) is 5.26 Å². The molecular weight excluding hydrogens is 415 g/mol. The van der Waals surface area contributed by atoms with Crippen LogP contribution in [0.15, 0.2) is 71.6 Å². The number of hydrogen-bond donors (Lipinski definition) is 1. The molecule has 1 aliphatic heterocycles. The average Bonchev–Trinajstić information content (AvgIpc) is 2.79. The van der Waals surface area contributed by atoms with E-state index in [4.69, 9.17) is 24.3 Å². The minimum absolute atomic E-state index is 0.00767. The molecular formula is C23H25N2O5P. The molecule has 0 aliphatic carbocycles. The summed E-state index contributed by atoms with van der Waals surface area (Å²) in [4.78, 5) is 0. The van der Waals surface area contributed by atoms with E-state index in [2.05, 4.69) is 6.07 Å². The molecule has 0 fully saturated rings. The lowest BCUT2D eigenvalue weighted by atomic mass is 9.81. The van der Waals surface area contributed by atoms with Crippen molar-refractivity contribution in [1.82, 2.24) is 0 Å². The van der Waals surface area contributed by atoms with Crippen molar-refractivity contribution in [3.05, 3.63) is 82.7 Å². The van der Waals surface area contributed by atoms with E-state index in [-0.39, 0.29) is 30.2 Å². The zero-order valence-electron chi connectivity index (χ0n) is 17.7. The van der Waals surface area contributed by atoms with Gasteiger partial charge in [0.25, 0.3) is 0 Å². The van der Waals surface area contributed by atoms with Crippen LogP contribution in [0.5, 0.6) is 5.75 Å². The highest BCUT2D eigenvalue weighted by Crippen LogP contribution is 2.63. The molecule has 0 saturated heterocycles. The Bertz CT molecular complexity index is 1080. The number of benzene rings is 2. The van der Waals surface area contributed by atoms with Crippen LogP contribution in [0.3, 0.4) is 0 Å². The van der Waals surface area contributed by atoms with Crippen LogP contribution < -0.4 is 10.5 Å². The summed E-state index contributed by atoms with van der Waals surface area (Å²) in [7, 11) is -2.30. The van der Waals surface area contributed by atoms with Gasteiger partial charge in [-0.25, -0.2) is 0 Å². The van der Waals surface area contributed by atoms with E-state index in [9.17, 15) is 9.83 Å². The zero-order chi connectivity index (χ0) is 22.4. The minimum atomic E-state index is -3.86. The monoisotopic (exact) mass is 440 g/mol.